The Morgan fingerprint density at radius 2 is 1.94 bits per heavy atom. The number of carbonyl (C=O) groups excluding carboxylic acids is 1. The molecule has 1 fully saturated rings. The molecule has 0 radical (unpaired) electrons. The Morgan fingerprint density at radius 1 is 1.18 bits per heavy atom. The molecule has 3 aromatic rings. The van der Waals surface area contributed by atoms with Crippen LogP contribution in [0.5, 0.6) is 0 Å². The van der Waals surface area contributed by atoms with E-state index < -0.39 is 29.6 Å². The standard InChI is InChI=1S/C23H23F2N5O3/c1-13(31)20-10-19(29-30(20)12-14-6-2-4-8-16(14)24)22-26-11-17(25)21(28-22)27-18-9-5-3-7-15(18)23(32)33/h2,4,6,8,10-11,15,18H,3,5,7,9,12H2,1H3,(H,32,33)(H,26,27,28). The van der Waals surface area contributed by atoms with Crippen LogP contribution in [0.15, 0.2) is 36.5 Å². The van der Waals surface area contributed by atoms with Gasteiger partial charge in [0.2, 0.25) is 0 Å². The van der Waals surface area contributed by atoms with Crippen molar-refractivity contribution < 1.29 is 23.5 Å². The summed E-state index contributed by atoms with van der Waals surface area (Å²) in [6.07, 6.45) is 3.71. The van der Waals surface area contributed by atoms with Gasteiger partial charge in [-0.2, -0.15) is 5.10 Å². The van der Waals surface area contributed by atoms with E-state index in [-0.39, 0.29) is 35.4 Å². The molecule has 4 rings (SSSR count). The minimum atomic E-state index is -0.931. The van der Waals surface area contributed by atoms with E-state index in [0.29, 0.717) is 18.4 Å². The first kappa shape index (κ1) is 22.5. The number of benzene rings is 1. The molecule has 2 atom stereocenters. The zero-order valence-electron chi connectivity index (χ0n) is 18.0. The fourth-order valence-electron chi connectivity index (χ4n) is 4.08. The minimum Gasteiger partial charge on any atom is -0.481 e. The number of nitrogens with one attached hydrogen (secondary N) is 1. The molecule has 2 unspecified atom stereocenters. The summed E-state index contributed by atoms with van der Waals surface area (Å²) in [6, 6.07) is 7.19. The van der Waals surface area contributed by atoms with Crippen molar-refractivity contribution in [3.05, 3.63) is 59.4 Å². The van der Waals surface area contributed by atoms with Crippen LogP contribution in [0, 0.1) is 17.6 Å². The number of Topliss-reactive ketones (excluding diaryl/α,β-unsaturated/α-hetero) is 1. The Bertz CT molecular complexity index is 1200. The van der Waals surface area contributed by atoms with Gasteiger partial charge in [0.15, 0.2) is 23.2 Å². The molecule has 8 nitrogen and oxygen atoms in total. The first-order valence-electron chi connectivity index (χ1n) is 10.7. The molecule has 0 amide bonds. The highest BCUT2D eigenvalue weighted by Gasteiger charge is 2.31. The lowest BCUT2D eigenvalue weighted by molar-refractivity contribution is -0.143. The highest BCUT2D eigenvalue weighted by atomic mass is 19.1. The van der Waals surface area contributed by atoms with Gasteiger partial charge in [0, 0.05) is 18.5 Å². The second-order valence-electron chi connectivity index (χ2n) is 8.09. The molecule has 2 N–H and O–H groups in total. The molecule has 1 aromatic carbocycles. The van der Waals surface area contributed by atoms with Crippen molar-refractivity contribution in [2.24, 2.45) is 5.92 Å². The van der Waals surface area contributed by atoms with Gasteiger partial charge in [-0.15, -0.1) is 0 Å². The number of ketones is 1. The first-order chi connectivity index (χ1) is 15.8. The molecule has 0 saturated heterocycles. The van der Waals surface area contributed by atoms with Gasteiger partial charge in [-0.3, -0.25) is 14.3 Å². The fraction of sp³-hybridized carbons (Fsp3) is 0.348. The van der Waals surface area contributed by atoms with Crippen molar-refractivity contribution in [3.63, 3.8) is 0 Å². The van der Waals surface area contributed by atoms with Gasteiger partial charge in [0.1, 0.15) is 17.2 Å². The smallest absolute Gasteiger partial charge is 0.308 e. The van der Waals surface area contributed by atoms with Crippen LogP contribution in [-0.2, 0) is 11.3 Å². The summed E-state index contributed by atoms with van der Waals surface area (Å²) in [5, 5.41) is 16.8. The molecule has 2 heterocycles. The zero-order chi connectivity index (χ0) is 23.5. The molecule has 1 aliphatic carbocycles. The van der Waals surface area contributed by atoms with E-state index in [2.05, 4.69) is 20.4 Å². The van der Waals surface area contributed by atoms with E-state index in [1.54, 1.807) is 18.2 Å². The number of carbonyl (C=O) groups is 2. The number of hydrogen-bond acceptors (Lipinski definition) is 6. The van der Waals surface area contributed by atoms with E-state index >= 15 is 0 Å². The third kappa shape index (κ3) is 4.89. The monoisotopic (exact) mass is 455 g/mol. The Balaban J connectivity index is 1.65. The molecule has 2 aromatic heterocycles. The van der Waals surface area contributed by atoms with Crippen LogP contribution in [0.1, 0.15) is 48.7 Å². The largest absolute Gasteiger partial charge is 0.481 e. The van der Waals surface area contributed by atoms with Gasteiger partial charge < -0.3 is 10.4 Å². The molecule has 10 heteroatoms. The molecule has 0 spiro atoms. The molecule has 172 valence electrons. The van der Waals surface area contributed by atoms with Crippen LogP contribution in [0.2, 0.25) is 0 Å². The average Bonchev–Trinajstić information content (AvgIpc) is 3.21. The Kier molecular flexibility index (Phi) is 6.43. The van der Waals surface area contributed by atoms with E-state index in [1.165, 1.54) is 23.7 Å². The van der Waals surface area contributed by atoms with Crippen LogP contribution < -0.4 is 5.32 Å². The van der Waals surface area contributed by atoms with Gasteiger partial charge in [-0.05, 0) is 25.0 Å². The predicted octanol–water partition coefficient (Wildman–Crippen LogP) is 3.92. The minimum absolute atomic E-state index is 0.0241. The van der Waals surface area contributed by atoms with Crippen LogP contribution in [0.25, 0.3) is 11.5 Å². The quantitative estimate of drug-likeness (QED) is 0.520. The topological polar surface area (TPSA) is 110 Å². The molecule has 0 aliphatic heterocycles. The van der Waals surface area contributed by atoms with E-state index in [9.17, 15) is 23.5 Å². The maximum Gasteiger partial charge on any atom is 0.308 e. The van der Waals surface area contributed by atoms with Gasteiger partial charge in [0.05, 0.1) is 18.7 Å². The van der Waals surface area contributed by atoms with Gasteiger partial charge in [0.25, 0.3) is 0 Å². The second-order valence-corrected chi connectivity index (χ2v) is 8.09. The van der Waals surface area contributed by atoms with E-state index in [0.717, 1.165) is 19.0 Å². The van der Waals surface area contributed by atoms with Crippen LogP contribution >= 0.6 is 0 Å². The third-order valence-electron chi connectivity index (χ3n) is 5.80. The number of aliphatic carboxylic acids is 1. The summed E-state index contributed by atoms with van der Waals surface area (Å²) in [5.74, 6) is -3.04. The number of nitrogens with zero attached hydrogens (tertiary/aromatic N) is 4. The van der Waals surface area contributed by atoms with Crippen molar-refractivity contribution >= 4 is 17.6 Å². The van der Waals surface area contributed by atoms with E-state index in [1.807, 2.05) is 0 Å². The second kappa shape index (κ2) is 9.43. The van der Waals surface area contributed by atoms with Gasteiger partial charge >= 0.3 is 5.97 Å². The van der Waals surface area contributed by atoms with Crippen LogP contribution in [0.3, 0.4) is 0 Å². The molecular formula is C23H23F2N5O3. The number of aromatic nitrogens is 4. The van der Waals surface area contributed by atoms with Gasteiger partial charge in [-0.1, -0.05) is 31.0 Å². The molecule has 1 aliphatic rings. The first-order valence-corrected chi connectivity index (χ1v) is 10.7. The fourth-order valence-corrected chi connectivity index (χ4v) is 4.08. The zero-order valence-corrected chi connectivity index (χ0v) is 18.0. The highest BCUT2D eigenvalue weighted by molar-refractivity contribution is 5.93. The summed E-state index contributed by atoms with van der Waals surface area (Å²) in [7, 11) is 0. The molecular weight excluding hydrogens is 432 g/mol. The predicted molar refractivity (Wildman–Crippen MR) is 116 cm³/mol. The molecule has 0 bridgehead atoms. The number of carboxylic acids is 1. The lowest BCUT2D eigenvalue weighted by Crippen LogP contribution is -2.37. The third-order valence-corrected chi connectivity index (χ3v) is 5.80. The normalized spacial score (nSPS) is 18.2. The molecule has 33 heavy (non-hydrogen) atoms. The van der Waals surface area contributed by atoms with Gasteiger partial charge in [-0.25, -0.2) is 18.7 Å². The number of rotatable bonds is 7. The number of halogens is 2. The number of carboxylic acid groups (broad SMARTS) is 1. The summed E-state index contributed by atoms with van der Waals surface area (Å²) in [6.45, 7) is 1.39. The van der Waals surface area contributed by atoms with Crippen LogP contribution in [0.4, 0.5) is 14.6 Å². The maximum atomic E-state index is 14.5. The summed E-state index contributed by atoms with van der Waals surface area (Å²) < 4.78 is 29.9. The summed E-state index contributed by atoms with van der Waals surface area (Å²) >= 11 is 0. The number of hydrogen-bond donors (Lipinski definition) is 2. The summed E-state index contributed by atoms with van der Waals surface area (Å²) in [4.78, 5) is 31.9. The van der Waals surface area contributed by atoms with Crippen molar-refractivity contribution in [3.8, 4) is 11.5 Å². The van der Waals surface area contributed by atoms with E-state index in [4.69, 9.17) is 0 Å². The maximum absolute atomic E-state index is 14.5. The Morgan fingerprint density at radius 3 is 2.67 bits per heavy atom. The van der Waals surface area contributed by atoms with Crippen molar-refractivity contribution in [1.82, 2.24) is 19.7 Å². The average molecular weight is 455 g/mol. The lowest BCUT2D eigenvalue weighted by Gasteiger charge is -2.29. The van der Waals surface area contributed by atoms with Crippen molar-refractivity contribution in [2.75, 3.05) is 5.32 Å². The van der Waals surface area contributed by atoms with Crippen molar-refractivity contribution in [1.29, 1.82) is 0 Å². The Labute approximate surface area is 188 Å². The van der Waals surface area contributed by atoms with Crippen molar-refractivity contribution in [2.45, 2.75) is 45.2 Å². The lowest BCUT2D eigenvalue weighted by atomic mass is 9.84. The number of anilines is 1. The Hall–Kier alpha value is -3.69. The highest BCUT2D eigenvalue weighted by Crippen LogP contribution is 2.28. The summed E-state index contributed by atoms with van der Waals surface area (Å²) in [5.41, 5.74) is 0.806. The SMILES string of the molecule is CC(=O)c1cc(-c2ncc(F)c(NC3CCCCC3C(=O)O)n2)nn1Cc1ccccc1F. The van der Waals surface area contributed by atoms with Crippen LogP contribution in [-0.4, -0.2) is 42.6 Å². The molecule has 1 saturated carbocycles.